The van der Waals surface area contributed by atoms with Crippen LogP contribution in [0.15, 0.2) is 30.3 Å². The van der Waals surface area contributed by atoms with E-state index in [2.05, 4.69) is 16.3 Å². The van der Waals surface area contributed by atoms with Gasteiger partial charge in [0.2, 0.25) is 5.91 Å². The smallest absolute Gasteiger partial charge is 0.225 e. The predicted octanol–water partition coefficient (Wildman–Crippen LogP) is 2.35. The summed E-state index contributed by atoms with van der Waals surface area (Å²) in [5.41, 5.74) is 0.953. The van der Waals surface area contributed by atoms with Crippen LogP contribution in [0.5, 0.6) is 5.75 Å². The maximum Gasteiger partial charge on any atom is 0.225 e. The molecule has 1 saturated heterocycles. The molecule has 2 heterocycles. The average Bonchev–Trinajstić information content (AvgIpc) is 3.25. The van der Waals surface area contributed by atoms with Crippen molar-refractivity contribution in [2.24, 2.45) is 5.92 Å². The van der Waals surface area contributed by atoms with Crippen LogP contribution in [0.25, 0.3) is 10.9 Å². The van der Waals surface area contributed by atoms with Crippen molar-refractivity contribution in [1.82, 2.24) is 10.3 Å². The number of methoxy groups -OCH3 is 1. The van der Waals surface area contributed by atoms with Gasteiger partial charge in [0.15, 0.2) is 0 Å². The van der Waals surface area contributed by atoms with Gasteiger partial charge in [-0.05, 0) is 49.6 Å². The summed E-state index contributed by atoms with van der Waals surface area (Å²) >= 11 is 0. The lowest BCUT2D eigenvalue weighted by Gasteiger charge is -2.18. The third-order valence-corrected chi connectivity index (χ3v) is 4.69. The molecule has 0 radical (unpaired) electrons. The lowest BCUT2D eigenvalue weighted by atomic mass is 10.1. The number of rotatable bonds is 4. The zero-order valence-corrected chi connectivity index (χ0v) is 13.3. The van der Waals surface area contributed by atoms with Crippen molar-refractivity contribution in [3.05, 3.63) is 30.3 Å². The predicted molar refractivity (Wildman–Crippen MR) is 89.8 cm³/mol. The fourth-order valence-electron chi connectivity index (χ4n) is 3.13. The Morgan fingerprint density at radius 2 is 2.13 bits per heavy atom. The zero-order chi connectivity index (χ0) is 15.8. The second-order valence-electron chi connectivity index (χ2n) is 6.44. The molecule has 1 aromatic heterocycles. The van der Waals surface area contributed by atoms with Crippen molar-refractivity contribution in [2.45, 2.75) is 25.3 Å². The first kappa shape index (κ1) is 14.3. The minimum absolute atomic E-state index is 0.0870. The van der Waals surface area contributed by atoms with E-state index in [1.54, 1.807) is 7.11 Å². The molecule has 1 aromatic carbocycles. The van der Waals surface area contributed by atoms with E-state index in [4.69, 9.17) is 9.72 Å². The van der Waals surface area contributed by atoms with Crippen LogP contribution in [0.4, 0.5) is 5.82 Å². The first-order valence-corrected chi connectivity index (χ1v) is 8.23. The zero-order valence-electron chi connectivity index (χ0n) is 13.3. The van der Waals surface area contributed by atoms with Crippen LogP contribution in [0.1, 0.15) is 19.3 Å². The summed E-state index contributed by atoms with van der Waals surface area (Å²) in [5.74, 6) is 2.08. The van der Waals surface area contributed by atoms with Crippen molar-refractivity contribution in [3.8, 4) is 5.75 Å². The number of pyridine rings is 1. The number of hydrogen-bond acceptors (Lipinski definition) is 4. The number of ether oxygens (including phenoxy) is 1. The Balaban J connectivity index is 1.49. The first-order chi connectivity index (χ1) is 11.2. The second kappa shape index (κ2) is 5.72. The summed E-state index contributed by atoms with van der Waals surface area (Å²) in [7, 11) is 1.67. The van der Waals surface area contributed by atoms with Gasteiger partial charge < -0.3 is 15.0 Å². The second-order valence-corrected chi connectivity index (χ2v) is 6.44. The minimum Gasteiger partial charge on any atom is -0.497 e. The van der Waals surface area contributed by atoms with Crippen LogP contribution >= 0.6 is 0 Å². The van der Waals surface area contributed by atoms with Gasteiger partial charge in [0, 0.05) is 24.5 Å². The molecule has 0 spiro atoms. The fourth-order valence-corrected chi connectivity index (χ4v) is 3.13. The van der Waals surface area contributed by atoms with Crippen LogP contribution in [0.3, 0.4) is 0 Å². The van der Waals surface area contributed by atoms with E-state index in [0.717, 1.165) is 54.8 Å². The Morgan fingerprint density at radius 3 is 2.91 bits per heavy atom. The molecule has 2 fully saturated rings. The van der Waals surface area contributed by atoms with E-state index in [1.165, 1.54) is 0 Å². The summed E-state index contributed by atoms with van der Waals surface area (Å²) < 4.78 is 5.25. The van der Waals surface area contributed by atoms with Crippen molar-refractivity contribution < 1.29 is 9.53 Å². The Morgan fingerprint density at radius 1 is 1.26 bits per heavy atom. The molecule has 1 amide bonds. The minimum atomic E-state index is 0.0870. The Bertz CT molecular complexity index is 742. The molecule has 1 unspecified atom stereocenters. The highest BCUT2D eigenvalue weighted by atomic mass is 16.5. The summed E-state index contributed by atoms with van der Waals surface area (Å²) in [6.07, 6.45) is 3.18. The molecule has 1 N–H and O–H groups in total. The molecule has 23 heavy (non-hydrogen) atoms. The molecular weight excluding hydrogens is 290 g/mol. The van der Waals surface area contributed by atoms with Crippen LogP contribution in [0, 0.1) is 5.92 Å². The van der Waals surface area contributed by atoms with Crippen LogP contribution < -0.4 is 15.0 Å². The number of carbonyl (C=O) groups excluding carboxylic acids is 1. The lowest BCUT2D eigenvalue weighted by molar-refractivity contribution is -0.124. The topological polar surface area (TPSA) is 54.5 Å². The molecular formula is C18H21N3O2. The van der Waals surface area contributed by atoms with E-state index < -0.39 is 0 Å². The number of nitrogens with one attached hydrogen (secondary N) is 1. The Labute approximate surface area is 135 Å². The lowest BCUT2D eigenvalue weighted by Crippen LogP contribution is -2.34. The van der Waals surface area contributed by atoms with E-state index >= 15 is 0 Å². The highest BCUT2D eigenvalue weighted by Crippen LogP contribution is 2.27. The maximum absolute atomic E-state index is 12.2. The highest BCUT2D eigenvalue weighted by Gasteiger charge is 2.32. The molecule has 1 aliphatic heterocycles. The summed E-state index contributed by atoms with van der Waals surface area (Å²) in [6.45, 7) is 1.64. The van der Waals surface area contributed by atoms with Crippen molar-refractivity contribution in [2.75, 3.05) is 25.1 Å². The van der Waals surface area contributed by atoms with Gasteiger partial charge in [-0.3, -0.25) is 4.79 Å². The van der Waals surface area contributed by atoms with Gasteiger partial charge in [-0.15, -0.1) is 0 Å². The van der Waals surface area contributed by atoms with Crippen LogP contribution in [0.2, 0.25) is 0 Å². The summed E-state index contributed by atoms with van der Waals surface area (Å²) in [6, 6.07) is 10.4. The molecule has 1 atom stereocenters. The number of amides is 1. The molecule has 1 saturated carbocycles. The van der Waals surface area contributed by atoms with E-state index in [9.17, 15) is 4.79 Å². The summed E-state index contributed by atoms with van der Waals surface area (Å²) in [4.78, 5) is 19.1. The van der Waals surface area contributed by atoms with Crippen LogP contribution in [-0.2, 0) is 4.79 Å². The normalized spacial score (nSPS) is 20.7. The van der Waals surface area contributed by atoms with Gasteiger partial charge in [-0.25, -0.2) is 4.98 Å². The molecule has 4 rings (SSSR count). The largest absolute Gasteiger partial charge is 0.497 e. The summed E-state index contributed by atoms with van der Waals surface area (Å²) in [5, 5.41) is 4.18. The average molecular weight is 311 g/mol. The van der Waals surface area contributed by atoms with Gasteiger partial charge in [0.25, 0.3) is 0 Å². The van der Waals surface area contributed by atoms with Gasteiger partial charge in [0.05, 0.1) is 18.5 Å². The maximum atomic E-state index is 12.2. The van der Waals surface area contributed by atoms with Gasteiger partial charge >= 0.3 is 0 Å². The third-order valence-electron chi connectivity index (χ3n) is 4.69. The van der Waals surface area contributed by atoms with Gasteiger partial charge in [-0.2, -0.15) is 0 Å². The van der Waals surface area contributed by atoms with Crippen molar-refractivity contribution in [3.63, 3.8) is 0 Å². The third kappa shape index (κ3) is 2.96. The van der Waals surface area contributed by atoms with E-state index in [-0.39, 0.29) is 11.8 Å². The monoisotopic (exact) mass is 311 g/mol. The fraction of sp³-hybridized carbons (Fsp3) is 0.444. The molecule has 1 aliphatic carbocycles. The molecule has 2 aromatic rings. The molecule has 5 heteroatoms. The first-order valence-electron chi connectivity index (χ1n) is 8.23. The van der Waals surface area contributed by atoms with Gasteiger partial charge in [0.1, 0.15) is 11.6 Å². The number of aromatic nitrogens is 1. The molecule has 2 aliphatic rings. The van der Waals surface area contributed by atoms with Crippen LogP contribution in [-0.4, -0.2) is 37.1 Å². The molecule has 120 valence electrons. The number of carbonyl (C=O) groups is 1. The highest BCUT2D eigenvalue weighted by molar-refractivity contribution is 5.83. The number of nitrogens with zero attached hydrogens (tertiary/aromatic N) is 2. The standard InChI is InChI=1S/C18H21N3O2/c1-23-15-5-6-16-12(10-15)2-7-17(20-16)21-9-8-13(11-21)18(22)19-14-3-4-14/h2,5-7,10,13-14H,3-4,8-9,11H2,1H3,(H,19,22). The molecule has 5 nitrogen and oxygen atoms in total. The van der Waals surface area contributed by atoms with E-state index in [1.807, 2.05) is 24.3 Å². The quantitative estimate of drug-likeness (QED) is 0.942. The SMILES string of the molecule is COc1ccc2nc(N3CCC(C(=O)NC4CC4)C3)ccc2c1. The molecule has 0 bridgehead atoms. The number of anilines is 1. The Hall–Kier alpha value is -2.30. The number of benzene rings is 1. The van der Waals surface area contributed by atoms with Crippen molar-refractivity contribution >= 4 is 22.6 Å². The van der Waals surface area contributed by atoms with E-state index in [0.29, 0.717) is 6.04 Å². The Kier molecular flexibility index (Phi) is 3.56. The number of hydrogen-bond donors (Lipinski definition) is 1. The number of fused-ring (bicyclic) bond motifs is 1. The van der Waals surface area contributed by atoms with Crippen molar-refractivity contribution in [1.29, 1.82) is 0 Å². The van der Waals surface area contributed by atoms with Gasteiger partial charge in [-0.1, -0.05) is 0 Å².